The Morgan fingerprint density at radius 1 is 1.16 bits per heavy atom. The van der Waals surface area contributed by atoms with Crippen LogP contribution in [-0.2, 0) is 6.42 Å². The smallest absolute Gasteiger partial charge is 0.256 e. The standard InChI is InChI=1S/C15H23N3O/c1-12-11-16-13-5-8-18(15(19)14(12)13)10-9-17-6-3-2-4-7-17/h11,16H,2-10H2,1H3. The molecule has 1 fully saturated rings. The number of fused-ring (bicyclic) bond motifs is 1. The highest BCUT2D eigenvalue weighted by molar-refractivity contribution is 5.97. The normalized spacial score (nSPS) is 20.7. The van der Waals surface area contributed by atoms with E-state index >= 15 is 0 Å². The Morgan fingerprint density at radius 3 is 2.74 bits per heavy atom. The average Bonchev–Trinajstić information content (AvgIpc) is 2.82. The predicted octanol–water partition coefficient (Wildman–Crippen LogP) is 1.81. The molecule has 1 saturated heterocycles. The van der Waals surface area contributed by atoms with Crippen LogP contribution in [0.5, 0.6) is 0 Å². The topological polar surface area (TPSA) is 39.3 Å². The minimum atomic E-state index is 0.219. The molecule has 4 nitrogen and oxygen atoms in total. The van der Waals surface area contributed by atoms with Crippen molar-refractivity contribution < 1.29 is 4.79 Å². The number of piperidine rings is 1. The van der Waals surface area contributed by atoms with Gasteiger partial charge in [-0.1, -0.05) is 6.42 Å². The Bertz CT molecular complexity index is 460. The minimum absolute atomic E-state index is 0.219. The maximum atomic E-state index is 12.5. The maximum Gasteiger partial charge on any atom is 0.256 e. The highest BCUT2D eigenvalue weighted by Gasteiger charge is 2.27. The van der Waals surface area contributed by atoms with E-state index in [1.54, 1.807) is 0 Å². The van der Waals surface area contributed by atoms with E-state index in [1.165, 1.54) is 32.4 Å². The van der Waals surface area contributed by atoms with E-state index in [9.17, 15) is 4.79 Å². The highest BCUT2D eigenvalue weighted by Crippen LogP contribution is 2.21. The van der Waals surface area contributed by atoms with Crippen LogP contribution < -0.4 is 0 Å². The molecule has 104 valence electrons. The largest absolute Gasteiger partial charge is 0.364 e. The predicted molar refractivity (Wildman–Crippen MR) is 75.4 cm³/mol. The van der Waals surface area contributed by atoms with Crippen molar-refractivity contribution in [3.05, 3.63) is 23.0 Å². The second-order valence-electron chi connectivity index (χ2n) is 5.77. The quantitative estimate of drug-likeness (QED) is 0.901. The van der Waals surface area contributed by atoms with Gasteiger partial charge in [0, 0.05) is 37.9 Å². The van der Waals surface area contributed by atoms with Crippen LogP contribution in [0.4, 0.5) is 0 Å². The van der Waals surface area contributed by atoms with Crippen molar-refractivity contribution in [2.24, 2.45) is 0 Å². The molecule has 0 atom stereocenters. The molecule has 0 aromatic carbocycles. The van der Waals surface area contributed by atoms with Gasteiger partial charge in [-0.25, -0.2) is 0 Å². The number of nitrogens with zero attached hydrogens (tertiary/aromatic N) is 2. The number of carbonyl (C=O) groups excluding carboxylic acids is 1. The molecule has 19 heavy (non-hydrogen) atoms. The van der Waals surface area contributed by atoms with E-state index in [0.717, 1.165) is 42.9 Å². The molecule has 1 N–H and O–H groups in total. The number of aromatic nitrogens is 1. The second-order valence-corrected chi connectivity index (χ2v) is 5.77. The molecule has 0 aliphatic carbocycles. The van der Waals surface area contributed by atoms with E-state index in [2.05, 4.69) is 9.88 Å². The Hall–Kier alpha value is -1.29. The van der Waals surface area contributed by atoms with Crippen LogP contribution >= 0.6 is 0 Å². The van der Waals surface area contributed by atoms with Gasteiger partial charge in [-0.3, -0.25) is 4.79 Å². The van der Waals surface area contributed by atoms with E-state index in [1.807, 2.05) is 18.0 Å². The van der Waals surface area contributed by atoms with E-state index in [4.69, 9.17) is 0 Å². The van der Waals surface area contributed by atoms with Gasteiger partial charge in [0.2, 0.25) is 0 Å². The third-order valence-electron chi connectivity index (χ3n) is 4.43. The summed E-state index contributed by atoms with van der Waals surface area (Å²) >= 11 is 0. The lowest BCUT2D eigenvalue weighted by molar-refractivity contribution is 0.0712. The first-order chi connectivity index (χ1) is 9.25. The molecule has 0 saturated carbocycles. The highest BCUT2D eigenvalue weighted by atomic mass is 16.2. The molecule has 3 heterocycles. The molecular formula is C15H23N3O. The second kappa shape index (κ2) is 5.37. The number of hydrogen-bond donors (Lipinski definition) is 1. The summed E-state index contributed by atoms with van der Waals surface area (Å²) in [4.78, 5) is 20.2. The third-order valence-corrected chi connectivity index (χ3v) is 4.43. The zero-order valence-corrected chi connectivity index (χ0v) is 11.7. The summed E-state index contributed by atoms with van der Waals surface area (Å²) < 4.78 is 0. The molecule has 2 aliphatic heterocycles. The molecular weight excluding hydrogens is 238 g/mol. The SMILES string of the molecule is Cc1c[nH]c2c1C(=O)N(CCN1CCCCC1)CC2. The van der Waals surface area contributed by atoms with Crippen LogP contribution in [0.3, 0.4) is 0 Å². The molecule has 0 unspecified atom stereocenters. The van der Waals surface area contributed by atoms with Crippen LogP contribution in [0.25, 0.3) is 0 Å². The lowest BCUT2D eigenvalue weighted by Crippen LogP contribution is -2.43. The lowest BCUT2D eigenvalue weighted by atomic mass is 10.0. The van der Waals surface area contributed by atoms with E-state index < -0.39 is 0 Å². The van der Waals surface area contributed by atoms with Gasteiger partial charge in [-0.15, -0.1) is 0 Å². The van der Waals surface area contributed by atoms with Gasteiger partial charge in [-0.2, -0.15) is 0 Å². The zero-order chi connectivity index (χ0) is 13.2. The van der Waals surface area contributed by atoms with Crippen molar-refractivity contribution in [3.8, 4) is 0 Å². The fourth-order valence-corrected chi connectivity index (χ4v) is 3.24. The number of carbonyl (C=O) groups is 1. The van der Waals surface area contributed by atoms with Crippen LogP contribution in [-0.4, -0.2) is 53.4 Å². The Morgan fingerprint density at radius 2 is 1.95 bits per heavy atom. The number of H-pyrrole nitrogens is 1. The van der Waals surface area contributed by atoms with Gasteiger partial charge < -0.3 is 14.8 Å². The number of hydrogen-bond acceptors (Lipinski definition) is 2. The fourth-order valence-electron chi connectivity index (χ4n) is 3.24. The number of amides is 1. The molecule has 2 aliphatic rings. The third kappa shape index (κ3) is 2.54. The van der Waals surface area contributed by atoms with Gasteiger partial charge in [0.15, 0.2) is 0 Å². The number of likely N-dealkylation sites (tertiary alicyclic amines) is 1. The summed E-state index contributed by atoms with van der Waals surface area (Å²) in [5, 5.41) is 0. The molecule has 0 radical (unpaired) electrons. The van der Waals surface area contributed by atoms with Crippen molar-refractivity contribution in [2.75, 3.05) is 32.7 Å². The molecule has 4 heteroatoms. The van der Waals surface area contributed by atoms with Crippen molar-refractivity contribution in [2.45, 2.75) is 32.6 Å². The van der Waals surface area contributed by atoms with Gasteiger partial charge >= 0.3 is 0 Å². The molecule has 0 bridgehead atoms. The molecule has 0 spiro atoms. The molecule has 1 aromatic rings. The van der Waals surface area contributed by atoms with Crippen LogP contribution in [0, 0.1) is 6.92 Å². The van der Waals surface area contributed by atoms with Crippen molar-refractivity contribution in [1.82, 2.24) is 14.8 Å². The summed E-state index contributed by atoms with van der Waals surface area (Å²) in [5.74, 6) is 0.219. The number of rotatable bonds is 3. The fraction of sp³-hybridized carbons (Fsp3) is 0.667. The van der Waals surface area contributed by atoms with Gasteiger partial charge in [0.25, 0.3) is 5.91 Å². The summed E-state index contributed by atoms with van der Waals surface area (Å²) in [6, 6.07) is 0. The number of aryl methyl sites for hydroxylation is 1. The summed E-state index contributed by atoms with van der Waals surface area (Å²) in [5.41, 5.74) is 3.13. The summed E-state index contributed by atoms with van der Waals surface area (Å²) in [6.45, 7) is 7.20. The summed E-state index contributed by atoms with van der Waals surface area (Å²) in [7, 11) is 0. The Balaban J connectivity index is 1.60. The maximum absolute atomic E-state index is 12.5. The monoisotopic (exact) mass is 261 g/mol. The average molecular weight is 261 g/mol. The summed E-state index contributed by atoms with van der Waals surface area (Å²) in [6.07, 6.45) is 6.92. The Labute approximate surface area is 114 Å². The van der Waals surface area contributed by atoms with E-state index in [-0.39, 0.29) is 5.91 Å². The van der Waals surface area contributed by atoms with E-state index in [0.29, 0.717) is 0 Å². The number of aromatic amines is 1. The molecule has 3 rings (SSSR count). The van der Waals surface area contributed by atoms with Gasteiger partial charge in [0.1, 0.15) is 0 Å². The molecule has 1 amide bonds. The van der Waals surface area contributed by atoms with Crippen molar-refractivity contribution in [1.29, 1.82) is 0 Å². The van der Waals surface area contributed by atoms with Crippen LogP contribution in [0.1, 0.15) is 40.9 Å². The van der Waals surface area contributed by atoms with Crippen LogP contribution in [0.15, 0.2) is 6.20 Å². The first-order valence-corrected chi connectivity index (χ1v) is 7.44. The van der Waals surface area contributed by atoms with Crippen LogP contribution in [0.2, 0.25) is 0 Å². The van der Waals surface area contributed by atoms with Crippen molar-refractivity contribution in [3.63, 3.8) is 0 Å². The zero-order valence-electron chi connectivity index (χ0n) is 11.7. The first-order valence-electron chi connectivity index (χ1n) is 7.44. The Kier molecular flexibility index (Phi) is 3.60. The van der Waals surface area contributed by atoms with Gasteiger partial charge in [-0.05, 0) is 38.4 Å². The minimum Gasteiger partial charge on any atom is -0.364 e. The first kappa shape index (κ1) is 12.7. The lowest BCUT2D eigenvalue weighted by Gasteiger charge is -2.32. The number of nitrogens with one attached hydrogen (secondary N) is 1. The molecule has 1 aromatic heterocycles. The van der Waals surface area contributed by atoms with Crippen molar-refractivity contribution >= 4 is 5.91 Å². The van der Waals surface area contributed by atoms with Gasteiger partial charge in [0.05, 0.1) is 5.56 Å².